The fourth-order valence-electron chi connectivity index (χ4n) is 1.61. The fraction of sp³-hybridized carbons (Fsp3) is 0.417. The van der Waals surface area contributed by atoms with E-state index in [1.807, 2.05) is 0 Å². The van der Waals surface area contributed by atoms with E-state index in [0.717, 1.165) is 13.0 Å². The molecule has 2 rings (SSSR count). The van der Waals surface area contributed by atoms with E-state index >= 15 is 0 Å². The van der Waals surface area contributed by atoms with Gasteiger partial charge in [-0.15, -0.1) is 5.10 Å². The molecule has 0 fully saturated rings. The van der Waals surface area contributed by atoms with E-state index in [0.29, 0.717) is 23.6 Å². The van der Waals surface area contributed by atoms with E-state index in [-0.39, 0.29) is 5.82 Å². The Kier molecular flexibility index (Phi) is 3.99. The summed E-state index contributed by atoms with van der Waals surface area (Å²) in [6.45, 7) is 5.28. The van der Waals surface area contributed by atoms with E-state index < -0.39 is 0 Å². The van der Waals surface area contributed by atoms with Gasteiger partial charge in [0.15, 0.2) is 5.82 Å². The van der Waals surface area contributed by atoms with Gasteiger partial charge in [-0.3, -0.25) is 0 Å². The molecule has 0 atom stereocenters. The average molecular weight is 249 g/mol. The van der Waals surface area contributed by atoms with Crippen molar-refractivity contribution in [2.24, 2.45) is 0 Å². The first kappa shape index (κ1) is 12.6. The molecule has 1 aromatic heterocycles. The quantitative estimate of drug-likeness (QED) is 0.818. The summed E-state index contributed by atoms with van der Waals surface area (Å²) in [6.07, 6.45) is 1.04. The Labute approximate surface area is 105 Å². The highest BCUT2D eigenvalue weighted by molar-refractivity contribution is 5.34. The standard InChI is InChI=1S/C12H16FN5/c1-3-6-14-8-12-15-16-17-18(12)10-5-4-9(2)11(13)7-10/h4-5,7,14H,3,6,8H2,1-2H3. The highest BCUT2D eigenvalue weighted by Crippen LogP contribution is 2.13. The van der Waals surface area contributed by atoms with E-state index in [2.05, 4.69) is 27.8 Å². The van der Waals surface area contributed by atoms with Crippen molar-refractivity contribution >= 4 is 0 Å². The lowest BCUT2D eigenvalue weighted by atomic mass is 10.2. The monoisotopic (exact) mass is 249 g/mol. The van der Waals surface area contributed by atoms with Crippen molar-refractivity contribution in [3.05, 3.63) is 35.4 Å². The summed E-state index contributed by atoms with van der Waals surface area (Å²) in [6, 6.07) is 4.96. The van der Waals surface area contributed by atoms with Gasteiger partial charge in [-0.2, -0.15) is 4.68 Å². The number of tetrazole rings is 1. The van der Waals surface area contributed by atoms with Crippen LogP contribution >= 0.6 is 0 Å². The van der Waals surface area contributed by atoms with Crippen LogP contribution < -0.4 is 5.32 Å². The predicted molar refractivity (Wildman–Crippen MR) is 65.8 cm³/mol. The van der Waals surface area contributed by atoms with Crippen molar-refractivity contribution < 1.29 is 4.39 Å². The van der Waals surface area contributed by atoms with Crippen LogP contribution in [0.25, 0.3) is 5.69 Å². The lowest BCUT2D eigenvalue weighted by Crippen LogP contribution is -2.17. The number of benzene rings is 1. The number of hydrogen-bond donors (Lipinski definition) is 1. The third-order valence-corrected chi connectivity index (χ3v) is 2.64. The average Bonchev–Trinajstić information content (AvgIpc) is 2.81. The third-order valence-electron chi connectivity index (χ3n) is 2.64. The third kappa shape index (κ3) is 2.70. The van der Waals surface area contributed by atoms with Crippen molar-refractivity contribution in [3.63, 3.8) is 0 Å². The summed E-state index contributed by atoms with van der Waals surface area (Å²) in [5.41, 5.74) is 1.24. The van der Waals surface area contributed by atoms with E-state index in [9.17, 15) is 4.39 Å². The molecule has 96 valence electrons. The number of nitrogens with zero attached hydrogens (tertiary/aromatic N) is 4. The molecule has 0 aliphatic rings. The van der Waals surface area contributed by atoms with Crippen molar-refractivity contribution in [3.8, 4) is 5.69 Å². The summed E-state index contributed by atoms with van der Waals surface area (Å²) in [5, 5.41) is 14.7. The molecular weight excluding hydrogens is 233 g/mol. The number of aromatic nitrogens is 4. The normalized spacial score (nSPS) is 10.8. The van der Waals surface area contributed by atoms with Crippen molar-refractivity contribution in [2.45, 2.75) is 26.8 Å². The van der Waals surface area contributed by atoms with Crippen LogP contribution in [-0.4, -0.2) is 26.8 Å². The van der Waals surface area contributed by atoms with Gasteiger partial charge in [0.25, 0.3) is 0 Å². The lowest BCUT2D eigenvalue weighted by molar-refractivity contribution is 0.610. The highest BCUT2D eigenvalue weighted by atomic mass is 19.1. The van der Waals surface area contributed by atoms with Crippen LogP contribution in [0.4, 0.5) is 4.39 Å². The number of nitrogens with one attached hydrogen (secondary N) is 1. The number of rotatable bonds is 5. The predicted octanol–water partition coefficient (Wildman–Crippen LogP) is 1.61. The molecule has 0 bridgehead atoms. The first-order valence-electron chi connectivity index (χ1n) is 5.97. The van der Waals surface area contributed by atoms with Gasteiger partial charge >= 0.3 is 0 Å². The van der Waals surface area contributed by atoms with Crippen molar-refractivity contribution in [2.75, 3.05) is 6.54 Å². The summed E-state index contributed by atoms with van der Waals surface area (Å²) in [4.78, 5) is 0. The van der Waals surface area contributed by atoms with Crippen LogP contribution in [0.2, 0.25) is 0 Å². The van der Waals surface area contributed by atoms with E-state index in [1.165, 1.54) is 6.07 Å². The van der Waals surface area contributed by atoms with Gasteiger partial charge in [-0.1, -0.05) is 13.0 Å². The first-order valence-corrected chi connectivity index (χ1v) is 5.97. The van der Waals surface area contributed by atoms with Crippen LogP contribution in [0.5, 0.6) is 0 Å². The Morgan fingerprint density at radius 2 is 2.22 bits per heavy atom. The minimum absolute atomic E-state index is 0.254. The van der Waals surface area contributed by atoms with Crippen LogP contribution in [0, 0.1) is 12.7 Å². The molecule has 0 saturated carbocycles. The van der Waals surface area contributed by atoms with Crippen molar-refractivity contribution in [1.82, 2.24) is 25.5 Å². The van der Waals surface area contributed by atoms with E-state index in [1.54, 1.807) is 23.7 Å². The minimum atomic E-state index is -0.254. The maximum atomic E-state index is 13.5. The second-order valence-corrected chi connectivity index (χ2v) is 4.12. The van der Waals surface area contributed by atoms with E-state index in [4.69, 9.17) is 0 Å². The highest BCUT2D eigenvalue weighted by Gasteiger charge is 2.09. The lowest BCUT2D eigenvalue weighted by Gasteiger charge is -2.06. The van der Waals surface area contributed by atoms with Gasteiger partial charge in [-0.05, 0) is 48.0 Å². The van der Waals surface area contributed by atoms with Gasteiger partial charge < -0.3 is 5.32 Å². The first-order chi connectivity index (χ1) is 8.72. The van der Waals surface area contributed by atoms with Gasteiger partial charge in [-0.25, -0.2) is 4.39 Å². The molecule has 0 aliphatic carbocycles. The largest absolute Gasteiger partial charge is 0.310 e. The van der Waals surface area contributed by atoms with Crippen LogP contribution in [0.15, 0.2) is 18.2 Å². The molecule has 0 unspecified atom stereocenters. The number of hydrogen-bond acceptors (Lipinski definition) is 4. The Balaban J connectivity index is 2.22. The number of aryl methyl sites for hydroxylation is 1. The van der Waals surface area contributed by atoms with Gasteiger partial charge in [0.2, 0.25) is 0 Å². The minimum Gasteiger partial charge on any atom is -0.310 e. The second-order valence-electron chi connectivity index (χ2n) is 4.12. The van der Waals surface area contributed by atoms with Crippen molar-refractivity contribution in [1.29, 1.82) is 0 Å². The smallest absolute Gasteiger partial charge is 0.170 e. The Morgan fingerprint density at radius 3 is 2.94 bits per heavy atom. The molecule has 6 heteroatoms. The summed E-state index contributed by atoms with van der Waals surface area (Å²) in [5.74, 6) is 0.419. The summed E-state index contributed by atoms with van der Waals surface area (Å²) >= 11 is 0. The molecule has 0 radical (unpaired) electrons. The summed E-state index contributed by atoms with van der Waals surface area (Å²) < 4.78 is 15.1. The number of halogens is 1. The molecule has 1 heterocycles. The Hall–Kier alpha value is -1.82. The molecule has 0 saturated heterocycles. The molecule has 0 aliphatic heterocycles. The molecule has 0 amide bonds. The zero-order chi connectivity index (χ0) is 13.0. The molecule has 1 N–H and O–H groups in total. The maximum absolute atomic E-state index is 13.5. The van der Waals surface area contributed by atoms with Crippen LogP contribution in [0.1, 0.15) is 24.7 Å². The SMILES string of the molecule is CCCNCc1nnnn1-c1ccc(C)c(F)c1. The molecule has 1 aromatic carbocycles. The molecule has 2 aromatic rings. The summed E-state index contributed by atoms with van der Waals surface area (Å²) in [7, 11) is 0. The Bertz CT molecular complexity index is 523. The van der Waals surface area contributed by atoms with Gasteiger partial charge in [0.05, 0.1) is 12.2 Å². The zero-order valence-electron chi connectivity index (χ0n) is 10.5. The van der Waals surface area contributed by atoms with Gasteiger partial charge in [0, 0.05) is 0 Å². The van der Waals surface area contributed by atoms with Crippen LogP contribution in [-0.2, 0) is 6.54 Å². The molecular formula is C12H16FN5. The zero-order valence-corrected chi connectivity index (χ0v) is 10.5. The van der Waals surface area contributed by atoms with Gasteiger partial charge in [0.1, 0.15) is 5.82 Å². The Morgan fingerprint density at radius 1 is 1.39 bits per heavy atom. The maximum Gasteiger partial charge on any atom is 0.170 e. The topological polar surface area (TPSA) is 55.6 Å². The fourth-order valence-corrected chi connectivity index (χ4v) is 1.61. The molecule has 5 nitrogen and oxygen atoms in total. The molecule has 0 spiro atoms. The van der Waals surface area contributed by atoms with Crippen LogP contribution in [0.3, 0.4) is 0 Å². The molecule has 18 heavy (non-hydrogen) atoms. The second kappa shape index (κ2) is 5.68.